The average molecular weight is 297 g/mol. The lowest BCUT2D eigenvalue weighted by Gasteiger charge is -2.32. The highest BCUT2D eigenvalue weighted by Gasteiger charge is 2.24. The zero-order valence-electron chi connectivity index (χ0n) is 10.5. The third-order valence-corrected chi connectivity index (χ3v) is 4.07. The Kier molecular flexibility index (Phi) is 4.99. The fourth-order valence-corrected chi connectivity index (χ4v) is 3.27. The third-order valence-electron chi connectivity index (χ3n) is 3.63. The topological polar surface area (TPSA) is 24.9 Å². The zero-order valence-corrected chi connectivity index (χ0v) is 12.0. The number of hydrogen-bond donors (Lipinski definition) is 1. The molecule has 0 bridgehead atoms. The van der Waals surface area contributed by atoms with Crippen molar-refractivity contribution in [2.24, 2.45) is 5.92 Å². The van der Waals surface area contributed by atoms with E-state index in [2.05, 4.69) is 39.2 Å². The lowest BCUT2D eigenvalue weighted by atomic mass is 9.81. The first kappa shape index (κ1) is 13.0. The number of nitrogens with one attached hydrogen (secondary N) is 1. The molecule has 0 saturated heterocycles. The molecule has 94 valence electrons. The normalized spacial score (nSPS) is 24.8. The first-order valence-corrected chi connectivity index (χ1v) is 7.41. The predicted molar refractivity (Wildman–Crippen MR) is 75.1 cm³/mol. The minimum absolute atomic E-state index is 0.702. The van der Waals surface area contributed by atoms with E-state index in [4.69, 9.17) is 0 Å². The van der Waals surface area contributed by atoms with Crippen molar-refractivity contribution in [2.75, 3.05) is 6.54 Å². The van der Waals surface area contributed by atoms with Gasteiger partial charge in [-0.3, -0.25) is 4.98 Å². The van der Waals surface area contributed by atoms with Crippen molar-refractivity contribution < 1.29 is 0 Å². The summed E-state index contributed by atoms with van der Waals surface area (Å²) in [5, 5.41) is 3.64. The molecule has 2 nitrogen and oxygen atoms in total. The summed E-state index contributed by atoms with van der Waals surface area (Å²) in [4.78, 5) is 4.25. The van der Waals surface area contributed by atoms with E-state index < -0.39 is 0 Å². The molecule has 1 aliphatic carbocycles. The van der Waals surface area contributed by atoms with Gasteiger partial charge in [0.05, 0.1) is 0 Å². The number of halogens is 1. The molecule has 0 amide bonds. The van der Waals surface area contributed by atoms with Gasteiger partial charge in [0.2, 0.25) is 0 Å². The van der Waals surface area contributed by atoms with Gasteiger partial charge >= 0.3 is 0 Å². The van der Waals surface area contributed by atoms with Crippen LogP contribution >= 0.6 is 15.9 Å². The summed E-state index contributed by atoms with van der Waals surface area (Å²) in [6.07, 6.45) is 10.5. The van der Waals surface area contributed by atoms with Gasteiger partial charge < -0.3 is 5.32 Å². The number of rotatable bonds is 4. The van der Waals surface area contributed by atoms with E-state index in [1.165, 1.54) is 31.2 Å². The van der Waals surface area contributed by atoms with Crippen molar-refractivity contribution >= 4 is 15.9 Å². The smallest absolute Gasteiger partial charge is 0.0410 e. The molecule has 1 heterocycles. The molecule has 3 heteroatoms. The molecule has 2 rings (SSSR count). The number of pyridine rings is 1. The second-order valence-electron chi connectivity index (χ2n) is 4.92. The number of nitrogens with zero attached hydrogens (tertiary/aromatic N) is 1. The van der Waals surface area contributed by atoms with Crippen LogP contribution in [0.2, 0.25) is 0 Å². The molecule has 1 fully saturated rings. The van der Waals surface area contributed by atoms with Gasteiger partial charge in [0.1, 0.15) is 0 Å². The summed E-state index contributed by atoms with van der Waals surface area (Å²) in [5.74, 6) is 0.778. The molecule has 1 saturated carbocycles. The van der Waals surface area contributed by atoms with Gasteiger partial charge in [-0.05, 0) is 59.3 Å². The molecule has 1 N–H and O–H groups in total. The van der Waals surface area contributed by atoms with E-state index in [1.54, 1.807) is 0 Å². The monoisotopic (exact) mass is 296 g/mol. The van der Waals surface area contributed by atoms with Gasteiger partial charge in [-0.1, -0.05) is 19.8 Å². The summed E-state index contributed by atoms with van der Waals surface area (Å²) < 4.78 is 1.09. The minimum atomic E-state index is 0.702. The van der Waals surface area contributed by atoms with Crippen LogP contribution in [0.15, 0.2) is 22.9 Å². The first-order chi connectivity index (χ1) is 8.29. The van der Waals surface area contributed by atoms with Gasteiger partial charge in [0, 0.05) is 22.9 Å². The van der Waals surface area contributed by atoms with Crippen molar-refractivity contribution in [2.45, 2.75) is 45.1 Å². The van der Waals surface area contributed by atoms with Crippen molar-refractivity contribution in [1.29, 1.82) is 0 Å². The summed E-state index contributed by atoms with van der Waals surface area (Å²) >= 11 is 3.49. The fraction of sp³-hybridized carbons (Fsp3) is 0.643. The van der Waals surface area contributed by atoms with Crippen LogP contribution in [0.4, 0.5) is 0 Å². The van der Waals surface area contributed by atoms with E-state index in [0.717, 1.165) is 23.4 Å². The first-order valence-electron chi connectivity index (χ1n) is 6.62. The molecular formula is C14H21BrN2. The quantitative estimate of drug-likeness (QED) is 0.919. The molecule has 0 aromatic carbocycles. The maximum absolute atomic E-state index is 4.25. The predicted octanol–water partition coefficient (Wildman–Crippen LogP) is 3.55. The molecule has 0 spiro atoms. The van der Waals surface area contributed by atoms with Crippen LogP contribution in [0.25, 0.3) is 0 Å². The van der Waals surface area contributed by atoms with Gasteiger partial charge in [-0.15, -0.1) is 0 Å². The minimum Gasteiger partial charge on any atom is -0.314 e. The van der Waals surface area contributed by atoms with Crippen molar-refractivity contribution in [3.8, 4) is 0 Å². The molecule has 0 radical (unpaired) electrons. The van der Waals surface area contributed by atoms with E-state index in [-0.39, 0.29) is 0 Å². The second-order valence-corrected chi connectivity index (χ2v) is 5.84. The van der Waals surface area contributed by atoms with Crippen LogP contribution in [0, 0.1) is 5.92 Å². The lowest BCUT2D eigenvalue weighted by Crippen LogP contribution is -2.39. The largest absolute Gasteiger partial charge is 0.314 e. The number of hydrogen-bond acceptors (Lipinski definition) is 2. The lowest BCUT2D eigenvalue weighted by molar-refractivity contribution is 0.264. The Morgan fingerprint density at radius 3 is 2.94 bits per heavy atom. The molecule has 1 aromatic rings. The molecule has 1 aliphatic rings. The Morgan fingerprint density at radius 1 is 1.35 bits per heavy atom. The van der Waals surface area contributed by atoms with Gasteiger partial charge in [-0.2, -0.15) is 0 Å². The van der Waals surface area contributed by atoms with E-state index >= 15 is 0 Å². The summed E-state index contributed by atoms with van der Waals surface area (Å²) in [6, 6.07) is 2.90. The Hall–Kier alpha value is -0.410. The summed E-state index contributed by atoms with van der Waals surface area (Å²) in [7, 11) is 0. The molecular weight excluding hydrogens is 276 g/mol. The van der Waals surface area contributed by atoms with Crippen molar-refractivity contribution in [3.05, 3.63) is 28.5 Å². The van der Waals surface area contributed by atoms with E-state index in [0.29, 0.717) is 6.04 Å². The van der Waals surface area contributed by atoms with Crippen LogP contribution < -0.4 is 5.32 Å². The highest BCUT2D eigenvalue weighted by molar-refractivity contribution is 9.10. The molecule has 0 aliphatic heterocycles. The van der Waals surface area contributed by atoms with Crippen LogP contribution in [0.1, 0.15) is 38.2 Å². The van der Waals surface area contributed by atoms with Crippen molar-refractivity contribution in [1.82, 2.24) is 10.3 Å². The van der Waals surface area contributed by atoms with Crippen LogP contribution in [0.3, 0.4) is 0 Å². The Labute approximate surface area is 112 Å². The number of aromatic nitrogens is 1. The molecule has 17 heavy (non-hydrogen) atoms. The van der Waals surface area contributed by atoms with Gasteiger partial charge in [0.15, 0.2) is 0 Å². The third kappa shape index (κ3) is 3.78. The SMILES string of the molecule is CCNC1CCCCC1Cc1cncc(Br)c1. The van der Waals surface area contributed by atoms with Crippen LogP contribution in [-0.2, 0) is 6.42 Å². The van der Waals surface area contributed by atoms with Crippen LogP contribution in [-0.4, -0.2) is 17.6 Å². The van der Waals surface area contributed by atoms with Crippen molar-refractivity contribution in [3.63, 3.8) is 0 Å². The zero-order chi connectivity index (χ0) is 12.1. The van der Waals surface area contributed by atoms with E-state index in [9.17, 15) is 0 Å². The van der Waals surface area contributed by atoms with Crippen LogP contribution in [0.5, 0.6) is 0 Å². The Bertz CT molecular complexity index is 352. The maximum Gasteiger partial charge on any atom is 0.0410 e. The molecule has 1 aromatic heterocycles. The standard InChI is InChI=1S/C14H21BrN2/c1-2-17-14-6-4-3-5-12(14)7-11-8-13(15)10-16-9-11/h8-10,12,14,17H,2-7H2,1H3. The maximum atomic E-state index is 4.25. The Balaban J connectivity index is 2.00. The molecule has 2 atom stereocenters. The Morgan fingerprint density at radius 2 is 2.18 bits per heavy atom. The fourth-order valence-electron chi connectivity index (χ4n) is 2.85. The van der Waals surface area contributed by atoms with Gasteiger partial charge in [-0.25, -0.2) is 0 Å². The van der Waals surface area contributed by atoms with Gasteiger partial charge in [0.25, 0.3) is 0 Å². The molecule has 2 unspecified atom stereocenters. The average Bonchev–Trinajstić information content (AvgIpc) is 2.32. The van der Waals surface area contributed by atoms with E-state index in [1.807, 2.05) is 12.4 Å². The highest BCUT2D eigenvalue weighted by Crippen LogP contribution is 2.27. The highest BCUT2D eigenvalue weighted by atomic mass is 79.9. The summed E-state index contributed by atoms with van der Waals surface area (Å²) in [5.41, 5.74) is 1.36. The second kappa shape index (κ2) is 6.50. The summed E-state index contributed by atoms with van der Waals surface area (Å²) in [6.45, 7) is 3.28.